The summed E-state index contributed by atoms with van der Waals surface area (Å²) in [7, 11) is 1.35. The highest BCUT2D eigenvalue weighted by Gasteiger charge is 2.31. The van der Waals surface area contributed by atoms with Crippen LogP contribution in [0.15, 0.2) is 101 Å². The summed E-state index contributed by atoms with van der Waals surface area (Å²) < 4.78 is 10.8. The van der Waals surface area contributed by atoms with Crippen molar-refractivity contribution in [3.05, 3.63) is 125 Å². The van der Waals surface area contributed by atoms with E-state index in [-0.39, 0.29) is 11.9 Å². The number of anilines is 1. The number of aryl methyl sites for hydroxylation is 2. The number of carbonyl (C=O) groups is 2. The third-order valence-electron chi connectivity index (χ3n) is 6.16. The number of carbonyl (C=O) groups excluding carboxylic acids is 2. The van der Waals surface area contributed by atoms with Crippen LogP contribution < -0.4 is 4.90 Å². The maximum absolute atomic E-state index is 13.7. The lowest BCUT2D eigenvalue weighted by atomic mass is 10.1. The second-order valence-corrected chi connectivity index (χ2v) is 8.70. The zero-order valence-corrected chi connectivity index (χ0v) is 20.3. The van der Waals surface area contributed by atoms with Gasteiger partial charge in [0.15, 0.2) is 0 Å². The SMILES string of the molecule is COC(=O)c1ccc(-c2ccc(/C=C3\C=C(c4ccccc4)N(c4ccc(C)cc4C)C3=O)o2)cc1. The van der Waals surface area contributed by atoms with E-state index in [2.05, 4.69) is 6.07 Å². The number of ether oxygens (including phenoxy) is 1. The molecule has 0 radical (unpaired) electrons. The Bertz CT molecular complexity index is 1510. The van der Waals surface area contributed by atoms with E-state index in [0.29, 0.717) is 22.7 Å². The van der Waals surface area contributed by atoms with Crippen LogP contribution in [0, 0.1) is 13.8 Å². The number of hydrogen-bond acceptors (Lipinski definition) is 4. The molecule has 4 aromatic rings. The van der Waals surface area contributed by atoms with E-state index in [1.54, 1.807) is 35.2 Å². The minimum Gasteiger partial charge on any atom is -0.465 e. The molecule has 1 aliphatic heterocycles. The van der Waals surface area contributed by atoms with Crippen LogP contribution in [0.2, 0.25) is 0 Å². The molecule has 5 rings (SSSR count). The van der Waals surface area contributed by atoms with Gasteiger partial charge in [0.25, 0.3) is 5.91 Å². The third-order valence-corrected chi connectivity index (χ3v) is 6.16. The van der Waals surface area contributed by atoms with Gasteiger partial charge in [-0.3, -0.25) is 9.69 Å². The summed E-state index contributed by atoms with van der Waals surface area (Å²) in [4.78, 5) is 27.1. The maximum atomic E-state index is 13.7. The quantitative estimate of drug-likeness (QED) is 0.235. The molecule has 0 fully saturated rings. The maximum Gasteiger partial charge on any atom is 0.337 e. The fourth-order valence-corrected chi connectivity index (χ4v) is 4.36. The predicted molar refractivity (Wildman–Crippen MR) is 141 cm³/mol. The first-order valence-corrected chi connectivity index (χ1v) is 11.6. The van der Waals surface area contributed by atoms with Crippen molar-refractivity contribution in [1.82, 2.24) is 0 Å². The summed E-state index contributed by atoms with van der Waals surface area (Å²) in [6.45, 7) is 4.06. The fourth-order valence-electron chi connectivity index (χ4n) is 4.36. The Morgan fingerprint density at radius 2 is 1.64 bits per heavy atom. The molecule has 0 atom stereocenters. The first-order chi connectivity index (χ1) is 17.4. The highest BCUT2D eigenvalue weighted by molar-refractivity contribution is 6.23. The van der Waals surface area contributed by atoms with Gasteiger partial charge in [0.2, 0.25) is 0 Å². The molecule has 0 bridgehead atoms. The first-order valence-electron chi connectivity index (χ1n) is 11.6. The van der Waals surface area contributed by atoms with E-state index < -0.39 is 0 Å². The first kappa shape index (κ1) is 23.1. The van der Waals surface area contributed by atoms with E-state index in [0.717, 1.165) is 33.6 Å². The van der Waals surface area contributed by atoms with Gasteiger partial charge in [0, 0.05) is 11.1 Å². The van der Waals surface area contributed by atoms with Crippen LogP contribution in [-0.4, -0.2) is 19.0 Å². The number of methoxy groups -OCH3 is 1. The van der Waals surface area contributed by atoms with Crippen molar-refractivity contribution < 1.29 is 18.7 Å². The standard InChI is InChI=1S/C31H25NO4/c1-20-9-15-27(21(2)17-20)32-28(22-7-5-4-6-8-22)19-25(30(32)33)18-26-14-16-29(36-26)23-10-12-24(13-11-23)31(34)35-3/h4-19H,1-3H3/b25-18+. The van der Waals surface area contributed by atoms with Crippen LogP contribution in [0.5, 0.6) is 0 Å². The van der Waals surface area contributed by atoms with Crippen molar-refractivity contribution in [2.75, 3.05) is 12.0 Å². The summed E-state index contributed by atoms with van der Waals surface area (Å²) in [5, 5.41) is 0. The van der Waals surface area contributed by atoms with Gasteiger partial charge >= 0.3 is 5.97 Å². The molecule has 1 amide bonds. The second kappa shape index (κ2) is 9.55. The molecule has 3 aromatic carbocycles. The molecule has 2 heterocycles. The van der Waals surface area contributed by atoms with Crippen LogP contribution in [0.25, 0.3) is 23.1 Å². The zero-order valence-electron chi connectivity index (χ0n) is 20.3. The Morgan fingerprint density at radius 3 is 2.33 bits per heavy atom. The highest BCUT2D eigenvalue weighted by atomic mass is 16.5. The van der Waals surface area contributed by atoms with Gasteiger partial charge in [-0.15, -0.1) is 0 Å². The van der Waals surface area contributed by atoms with E-state index in [1.807, 2.05) is 74.5 Å². The lowest BCUT2D eigenvalue weighted by Crippen LogP contribution is -2.25. The Hall–Kier alpha value is -4.64. The van der Waals surface area contributed by atoms with Gasteiger partial charge in [-0.2, -0.15) is 0 Å². The average molecular weight is 476 g/mol. The molecule has 0 unspecified atom stereocenters. The van der Waals surface area contributed by atoms with Gasteiger partial charge in [-0.1, -0.05) is 60.2 Å². The van der Waals surface area contributed by atoms with E-state index in [4.69, 9.17) is 9.15 Å². The number of rotatable bonds is 5. The number of amides is 1. The van der Waals surface area contributed by atoms with E-state index >= 15 is 0 Å². The molecule has 0 N–H and O–H groups in total. The Morgan fingerprint density at radius 1 is 0.889 bits per heavy atom. The molecule has 5 nitrogen and oxygen atoms in total. The zero-order chi connectivity index (χ0) is 25.2. The molecule has 5 heteroatoms. The normalized spacial score (nSPS) is 14.3. The van der Waals surface area contributed by atoms with Crippen molar-refractivity contribution >= 4 is 29.3 Å². The summed E-state index contributed by atoms with van der Waals surface area (Å²) >= 11 is 0. The van der Waals surface area contributed by atoms with Crippen molar-refractivity contribution in [2.24, 2.45) is 0 Å². The Kier molecular flexibility index (Phi) is 6.13. The molecule has 1 aromatic heterocycles. The molecular weight excluding hydrogens is 450 g/mol. The van der Waals surface area contributed by atoms with Gasteiger partial charge in [-0.25, -0.2) is 4.79 Å². The van der Waals surface area contributed by atoms with Crippen molar-refractivity contribution in [3.8, 4) is 11.3 Å². The van der Waals surface area contributed by atoms with E-state index in [9.17, 15) is 9.59 Å². The number of esters is 1. The van der Waals surface area contributed by atoms with Crippen LogP contribution >= 0.6 is 0 Å². The average Bonchev–Trinajstić information content (AvgIpc) is 3.49. The minimum atomic E-state index is -0.388. The van der Waals surface area contributed by atoms with Gasteiger partial charge in [0.1, 0.15) is 11.5 Å². The van der Waals surface area contributed by atoms with Crippen molar-refractivity contribution in [1.29, 1.82) is 0 Å². The molecule has 0 spiro atoms. The van der Waals surface area contributed by atoms with Crippen LogP contribution in [0.4, 0.5) is 5.69 Å². The molecule has 1 aliphatic rings. The molecule has 0 saturated heterocycles. The smallest absolute Gasteiger partial charge is 0.337 e. The number of benzene rings is 3. The monoisotopic (exact) mass is 475 g/mol. The van der Waals surface area contributed by atoms with Crippen LogP contribution in [0.1, 0.15) is 32.8 Å². The van der Waals surface area contributed by atoms with Crippen LogP contribution in [-0.2, 0) is 9.53 Å². The molecular formula is C31H25NO4. The Balaban J connectivity index is 1.50. The van der Waals surface area contributed by atoms with Gasteiger partial charge in [-0.05, 0) is 67.5 Å². The molecule has 0 aliphatic carbocycles. The van der Waals surface area contributed by atoms with Crippen molar-refractivity contribution in [2.45, 2.75) is 13.8 Å². The summed E-state index contributed by atoms with van der Waals surface area (Å²) in [6.07, 6.45) is 3.67. The number of hydrogen-bond donors (Lipinski definition) is 0. The van der Waals surface area contributed by atoms with Gasteiger partial charge in [0.05, 0.1) is 24.1 Å². The minimum absolute atomic E-state index is 0.110. The predicted octanol–water partition coefficient (Wildman–Crippen LogP) is 6.82. The molecule has 178 valence electrons. The summed E-state index contributed by atoms with van der Waals surface area (Å²) in [5.41, 5.74) is 6.64. The number of furan rings is 1. The highest BCUT2D eigenvalue weighted by Crippen LogP contribution is 2.37. The third kappa shape index (κ3) is 4.39. The molecule has 0 saturated carbocycles. The topological polar surface area (TPSA) is 59.8 Å². The van der Waals surface area contributed by atoms with Crippen molar-refractivity contribution in [3.63, 3.8) is 0 Å². The second-order valence-electron chi connectivity index (χ2n) is 8.70. The lowest BCUT2D eigenvalue weighted by Gasteiger charge is -2.23. The Labute approximate surface area is 209 Å². The largest absolute Gasteiger partial charge is 0.465 e. The number of nitrogens with zero attached hydrogens (tertiary/aromatic N) is 1. The van der Waals surface area contributed by atoms with Crippen LogP contribution in [0.3, 0.4) is 0 Å². The van der Waals surface area contributed by atoms with E-state index in [1.165, 1.54) is 7.11 Å². The molecule has 36 heavy (non-hydrogen) atoms. The summed E-state index contributed by atoms with van der Waals surface area (Å²) in [5.74, 6) is 0.709. The fraction of sp³-hybridized carbons (Fsp3) is 0.0968. The van der Waals surface area contributed by atoms with Gasteiger partial charge < -0.3 is 9.15 Å². The summed E-state index contributed by atoms with van der Waals surface area (Å²) in [6, 6.07) is 26.7. The lowest BCUT2D eigenvalue weighted by molar-refractivity contribution is -0.113.